The van der Waals surface area contributed by atoms with Gasteiger partial charge < -0.3 is 4.74 Å². The minimum atomic E-state index is -3.86. The number of amides is 1. The van der Waals surface area contributed by atoms with Crippen molar-refractivity contribution in [3.63, 3.8) is 0 Å². The number of hydroxylamine groups is 1. The number of hydrogen-bond donors (Lipinski definition) is 2. The lowest BCUT2D eigenvalue weighted by atomic mass is 10.2. The summed E-state index contributed by atoms with van der Waals surface area (Å²) in [5, 5.41) is 0. The summed E-state index contributed by atoms with van der Waals surface area (Å²) in [5.74, 6) is 0.0737. The Bertz CT molecular complexity index is 1070. The minimum Gasteiger partial charge on any atom is -0.497 e. The summed E-state index contributed by atoms with van der Waals surface area (Å²) in [5.41, 5.74) is 3.76. The molecule has 3 aromatic carbocycles. The smallest absolute Gasteiger partial charge is 0.274 e. The van der Waals surface area contributed by atoms with Gasteiger partial charge in [-0.05, 0) is 48.0 Å². The van der Waals surface area contributed by atoms with Gasteiger partial charge in [0.2, 0.25) is 0 Å². The van der Waals surface area contributed by atoms with Gasteiger partial charge in [0.05, 0.1) is 18.6 Å². The molecule has 3 rings (SSSR count). The van der Waals surface area contributed by atoms with E-state index in [-0.39, 0.29) is 17.1 Å². The molecule has 150 valence electrons. The number of anilines is 1. The molecule has 0 heterocycles. The van der Waals surface area contributed by atoms with Crippen LogP contribution in [0.4, 0.5) is 5.69 Å². The standard InChI is InChI=1S/C21H20N2O5S/c1-27-19-12-10-18(11-13-19)23-29(25,26)20-9-5-8-17(14-20)21(24)22-28-15-16-6-3-2-4-7-16/h2-14,23H,15H2,1H3,(H,22,24). The lowest BCUT2D eigenvalue weighted by Gasteiger charge is -2.10. The SMILES string of the molecule is COc1ccc(NS(=O)(=O)c2cccc(C(=O)NOCc3ccccc3)c2)cc1. The number of carbonyl (C=O) groups excluding carboxylic acids is 1. The van der Waals surface area contributed by atoms with Gasteiger partial charge in [0.15, 0.2) is 0 Å². The zero-order valence-electron chi connectivity index (χ0n) is 15.7. The van der Waals surface area contributed by atoms with Crippen molar-refractivity contribution < 1.29 is 22.8 Å². The quantitative estimate of drug-likeness (QED) is 0.554. The maximum absolute atomic E-state index is 12.6. The van der Waals surface area contributed by atoms with Crippen LogP contribution in [0.5, 0.6) is 5.75 Å². The first kappa shape index (κ1) is 20.4. The second kappa shape index (κ2) is 9.22. The van der Waals surface area contributed by atoms with E-state index < -0.39 is 15.9 Å². The van der Waals surface area contributed by atoms with Crippen molar-refractivity contribution in [1.82, 2.24) is 5.48 Å². The largest absolute Gasteiger partial charge is 0.497 e. The number of ether oxygens (including phenoxy) is 1. The molecule has 0 atom stereocenters. The molecule has 2 N–H and O–H groups in total. The topological polar surface area (TPSA) is 93.7 Å². The molecule has 8 heteroatoms. The summed E-state index contributed by atoms with van der Waals surface area (Å²) in [7, 11) is -2.34. The molecule has 0 radical (unpaired) electrons. The van der Waals surface area contributed by atoms with Crippen molar-refractivity contribution in [2.75, 3.05) is 11.8 Å². The average molecular weight is 412 g/mol. The zero-order valence-corrected chi connectivity index (χ0v) is 16.5. The van der Waals surface area contributed by atoms with E-state index in [1.807, 2.05) is 30.3 Å². The van der Waals surface area contributed by atoms with E-state index in [9.17, 15) is 13.2 Å². The van der Waals surface area contributed by atoms with E-state index in [4.69, 9.17) is 9.57 Å². The Hall–Kier alpha value is -3.36. The highest BCUT2D eigenvalue weighted by atomic mass is 32.2. The third kappa shape index (κ3) is 5.56. The molecule has 0 aliphatic carbocycles. The number of sulfonamides is 1. The first-order valence-electron chi connectivity index (χ1n) is 8.71. The summed E-state index contributed by atoms with van der Waals surface area (Å²) in [6.07, 6.45) is 0. The molecule has 29 heavy (non-hydrogen) atoms. The van der Waals surface area contributed by atoms with Crippen LogP contribution in [0.25, 0.3) is 0 Å². The number of benzene rings is 3. The first-order valence-corrected chi connectivity index (χ1v) is 10.2. The average Bonchev–Trinajstić information content (AvgIpc) is 2.75. The Morgan fingerprint density at radius 2 is 1.66 bits per heavy atom. The van der Waals surface area contributed by atoms with Crippen LogP contribution >= 0.6 is 0 Å². The molecule has 1 amide bonds. The summed E-state index contributed by atoms with van der Waals surface area (Å²) in [4.78, 5) is 17.4. The van der Waals surface area contributed by atoms with Gasteiger partial charge in [-0.1, -0.05) is 36.4 Å². The number of nitrogens with one attached hydrogen (secondary N) is 2. The van der Waals surface area contributed by atoms with Gasteiger partial charge in [-0.15, -0.1) is 0 Å². The molecule has 0 saturated heterocycles. The van der Waals surface area contributed by atoms with Crippen molar-refractivity contribution >= 4 is 21.6 Å². The summed E-state index contributed by atoms with van der Waals surface area (Å²) < 4.78 is 32.8. The molecule has 0 spiro atoms. The van der Waals surface area contributed by atoms with E-state index >= 15 is 0 Å². The maximum atomic E-state index is 12.6. The van der Waals surface area contributed by atoms with Crippen molar-refractivity contribution in [3.05, 3.63) is 90.0 Å². The van der Waals surface area contributed by atoms with Gasteiger partial charge in [-0.3, -0.25) is 14.4 Å². The van der Waals surface area contributed by atoms with Crippen molar-refractivity contribution in [3.8, 4) is 5.75 Å². The second-order valence-corrected chi connectivity index (χ2v) is 7.75. The van der Waals surface area contributed by atoms with Gasteiger partial charge in [0, 0.05) is 11.3 Å². The summed E-state index contributed by atoms with van der Waals surface area (Å²) in [6.45, 7) is 0.198. The Morgan fingerprint density at radius 3 is 2.34 bits per heavy atom. The number of rotatable bonds is 8. The Balaban J connectivity index is 1.66. The predicted molar refractivity (Wildman–Crippen MR) is 109 cm³/mol. The molecule has 0 aliphatic rings. The van der Waals surface area contributed by atoms with Gasteiger partial charge in [-0.25, -0.2) is 13.9 Å². The molecular weight excluding hydrogens is 392 g/mol. The Morgan fingerprint density at radius 1 is 0.931 bits per heavy atom. The van der Waals surface area contributed by atoms with Gasteiger partial charge in [0.1, 0.15) is 5.75 Å². The van der Waals surface area contributed by atoms with Crippen LogP contribution in [0.1, 0.15) is 15.9 Å². The van der Waals surface area contributed by atoms with Crippen LogP contribution in [0.15, 0.2) is 83.8 Å². The van der Waals surface area contributed by atoms with Gasteiger partial charge in [-0.2, -0.15) is 0 Å². The first-order chi connectivity index (χ1) is 14.0. The van der Waals surface area contributed by atoms with Crippen LogP contribution < -0.4 is 14.9 Å². The highest BCUT2D eigenvalue weighted by Crippen LogP contribution is 2.20. The second-order valence-electron chi connectivity index (χ2n) is 6.07. The fourth-order valence-electron chi connectivity index (χ4n) is 2.50. The fraction of sp³-hybridized carbons (Fsp3) is 0.0952. The van der Waals surface area contributed by atoms with Crippen molar-refractivity contribution in [2.24, 2.45) is 0 Å². The van der Waals surface area contributed by atoms with Crippen molar-refractivity contribution in [2.45, 2.75) is 11.5 Å². The van der Waals surface area contributed by atoms with E-state index in [1.165, 1.54) is 31.4 Å². The molecule has 0 unspecified atom stereocenters. The highest BCUT2D eigenvalue weighted by Gasteiger charge is 2.17. The van der Waals surface area contributed by atoms with Crippen LogP contribution in [0.2, 0.25) is 0 Å². The van der Waals surface area contributed by atoms with Gasteiger partial charge >= 0.3 is 0 Å². The molecule has 0 aliphatic heterocycles. The molecule has 0 fully saturated rings. The monoisotopic (exact) mass is 412 g/mol. The molecule has 0 aromatic heterocycles. The predicted octanol–water partition coefficient (Wildman–Crippen LogP) is 3.36. The maximum Gasteiger partial charge on any atom is 0.274 e. The lowest BCUT2D eigenvalue weighted by Crippen LogP contribution is -2.24. The van der Waals surface area contributed by atoms with E-state index in [2.05, 4.69) is 10.2 Å². The van der Waals surface area contributed by atoms with Crippen LogP contribution in [0.3, 0.4) is 0 Å². The molecule has 7 nitrogen and oxygen atoms in total. The molecule has 3 aromatic rings. The van der Waals surface area contributed by atoms with E-state index in [0.717, 1.165) is 5.56 Å². The Kier molecular flexibility index (Phi) is 6.48. The third-order valence-electron chi connectivity index (χ3n) is 4.00. The zero-order chi connectivity index (χ0) is 20.7. The number of carbonyl (C=O) groups is 1. The van der Waals surface area contributed by atoms with E-state index in [0.29, 0.717) is 11.4 Å². The molecular formula is C21H20N2O5S. The van der Waals surface area contributed by atoms with Crippen molar-refractivity contribution in [1.29, 1.82) is 0 Å². The normalized spacial score (nSPS) is 10.9. The summed E-state index contributed by atoms with van der Waals surface area (Å²) in [6, 6.07) is 21.5. The highest BCUT2D eigenvalue weighted by molar-refractivity contribution is 7.92. The molecule has 0 bridgehead atoms. The Labute approximate surface area is 169 Å². The molecule has 0 saturated carbocycles. The van der Waals surface area contributed by atoms with Crippen LogP contribution in [-0.4, -0.2) is 21.4 Å². The number of hydrogen-bond acceptors (Lipinski definition) is 5. The fourth-order valence-corrected chi connectivity index (χ4v) is 3.60. The summed E-state index contributed by atoms with van der Waals surface area (Å²) >= 11 is 0. The van der Waals surface area contributed by atoms with Crippen LogP contribution in [-0.2, 0) is 21.5 Å². The lowest BCUT2D eigenvalue weighted by molar-refractivity contribution is 0.0233. The van der Waals surface area contributed by atoms with Crippen LogP contribution in [0, 0.1) is 0 Å². The third-order valence-corrected chi connectivity index (χ3v) is 5.37. The van der Waals surface area contributed by atoms with Gasteiger partial charge in [0.25, 0.3) is 15.9 Å². The number of methoxy groups -OCH3 is 1. The minimum absolute atomic E-state index is 0.0379. The van der Waals surface area contributed by atoms with E-state index in [1.54, 1.807) is 24.3 Å².